The quantitative estimate of drug-likeness (QED) is 0.492. The van der Waals surface area contributed by atoms with Crippen molar-refractivity contribution in [2.45, 2.75) is 24.7 Å². The minimum atomic E-state index is 0.514. The Bertz CT molecular complexity index is 345. The molecule has 0 radical (unpaired) electrons. The van der Waals surface area contributed by atoms with Crippen molar-refractivity contribution in [3.05, 3.63) is 5.01 Å². The van der Waals surface area contributed by atoms with E-state index in [1.54, 1.807) is 23.1 Å². The van der Waals surface area contributed by atoms with Crippen LogP contribution in [0.15, 0.2) is 9.33 Å². The zero-order chi connectivity index (χ0) is 12.0. The second-order valence-corrected chi connectivity index (χ2v) is 5.13. The summed E-state index contributed by atoms with van der Waals surface area (Å²) in [4.78, 5) is 6.31. The lowest BCUT2D eigenvalue weighted by molar-refractivity contribution is 0.458. The fraction of sp³-hybridized carbons (Fsp3) is 0.667. The van der Waals surface area contributed by atoms with Crippen LogP contribution in [0.5, 0.6) is 0 Å². The second kappa shape index (κ2) is 6.70. The van der Waals surface area contributed by atoms with E-state index in [2.05, 4.69) is 29.0 Å². The molecule has 0 aliphatic carbocycles. The third-order valence-electron chi connectivity index (χ3n) is 2.09. The van der Waals surface area contributed by atoms with Gasteiger partial charge < -0.3 is 10.6 Å². The Morgan fingerprint density at radius 2 is 2.12 bits per heavy atom. The summed E-state index contributed by atoms with van der Waals surface area (Å²) in [6, 6.07) is 0. The van der Waals surface area contributed by atoms with Gasteiger partial charge in [-0.25, -0.2) is 4.99 Å². The molecule has 0 aliphatic heterocycles. The SMILES string of the molecule is CCN(CC)C(N)=NCc1nnc(SC)s1. The van der Waals surface area contributed by atoms with Gasteiger partial charge in [0.25, 0.3) is 0 Å². The highest BCUT2D eigenvalue weighted by molar-refractivity contribution is 8.00. The van der Waals surface area contributed by atoms with E-state index in [0.717, 1.165) is 22.4 Å². The molecule has 0 unspecified atom stereocenters. The fourth-order valence-corrected chi connectivity index (χ4v) is 2.42. The number of nitrogens with zero attached hydrogens (tertiary/aromatic N) is 4. The molecule has 0 bridgehead atoms. The van der Waals surface area contributed by atoms with Crippen LogP contribution >= 0.6 is 23.1 Å². The minimum absolute atomic E-state index is 0.514. The molecular formula is C9H17N5S2. The van der Waals surface area contributed by atoms with E-state index in [1.807, 2.05) is 11.2 Å². The monoisotopic (exact) mass is 259 g/mol. The lowest BCUT2D eigenvalue weighted by Gasteiger charge is -2.18. The molecule has 0 fully saturated rings. The zero-order valence-electron chi connectivity index (χ0n) is 9.80. The van der Waals surface area contributed by atoms with Crippen LogP contribution in [0.3, 0.4) is 0 Å². The summed E-state index contributed by atoms with van der Waals surface area (Å²) >= 11 is 3.16. The Morgan fingerprint density at radius 3 is 2.62 bits per heavy atom. The van der Waals surface area contributed by atoms with E-state index < -0.39 is 0 Å². The van der Waals surface area contributed by atoms with Crippen molar-refractivity contribution < 1.29 is 0 Å². The third kappa shape index (κ3) is 3.64. The van der Waals surface area contributed by atoms with Gasteiger partial charge in [-0.15, -0.1) is 10.2 Å². The van der Waals surface area contributed by atoms with E-state index in [-0.39, 0.29) is 0 Å². The summed E-state index contributed by atoms with van der Waals surface area (Å²) < 4.78 is 0.964. The van der Waals surface area contributed by atoms with Crippen molar-refractivity contribution in [2.75, 3.05) is 19.3 Å². The maximum absolute atomic E-state index is 5.85. The molecule has 0 atom stereocenters. The summed E-state index contributed by atoms with van der Waals surface area (Å²) in [5, 5.41) is 8.94. The van der Waals surface area contributed by atoms with Crippen LogP contribution in [-0.4, -0.2) is 40.4 Å². The Hall–Kier alpha value is -0.820. The molecule has 7 heteroatoms. The molecule has 1 aromatic heterocycles. The van der Waals surface area contributed by atoms with Gasteiger partial charge in [-0.3, -0.25) is 0 Å². The van der Waals surface area contributed by atoms with E-state index in [4.69, 9.17) is 5.73 Å². The predicted octanol–water partition coefficient (Wildman–Crippen LogP) is 1.42. The van der Waals surface area contributed by atoms with Crippen molar-refractivity contribution >= 4 is 29.1 Å². The summed E-state index contributed by atoms with van der Waals surface area (Å²) in [5.41, 5.74) is 5.85. The number of nitrogens with two attached hydrogens (primary N) is 1. The van der Waals surface area contributed by atoms with Crippen molar-refractivity contribution in [3.63, 3.8) is 0 Å². The number of thioether (sulfide) groups is 1. The minimum Gasteiger partial charge on any atom is -0.370 e. The fourth-order valence-electron chi connectivity index (χ4n) is 1.18. The van der Waals surface area contributed by atoms with Gasteiger partial charge in [-0.1, -0.05) is 23.1 Å². The molecule has 0 saturated heterocycles. The van der Waals surface area contributed by atoms with E-state index in [9.17, 15) is 0 Å². The number of aliphatic imine (C=N–C) groups is 1. The van der Waals surface area contributed by atoms with Gasteiger partial charge in [-0.2, -0.15) is 0 Å². The lowest BCUT2D eigenvalue weighted by atomic mass is 10.5. The van der Waals surface area contributed by atoms with Crippen LogP contribution in [-0.2, 0) is 6.54 Å². The molecule has 0 saturated carbocycles. The van der Waals surface area contributed by atoms with Crippen molar-refractivity contribution in [2.24, 2.45) is 10.7 Å². The van der Waals surface area contributed by atoms with E-state index in [1.165, 1.54) is 0 Å². The van der Waals surface area contributed by atoms with Gasteiger partial charge in [0.1, 0.15) is 5.01 Å². The van der Waals surface area contributed by atoms with Gasteiger partial charge in [0.15, 0.2) is 10.3 Å². The first kappa shape index (κ1) is 13.2. The number of aromatic nitrogens is 2. The number of guanidine groups is 1. The average molecular weight is 259 g/mol. The van der Waals surface area contributed by atoms with Crippen LogP contribution < -0.4 is 5.73 Å². The normalized spacial score (nSPS) is 11.8. The number of hydrogen-bond donors (Lipinski definition) is 1. The van der Waals surface area contributed by atoms with E-state index >= 15 is 0 Å². The Kier molecular flexibility index (Phi) is 5.54. The van der Waals surface area contributed by atoms with Crippen molar-refractivity contribution in [1.29, 1.82) is 0 Å². The third-order valence-corrected chi connectivity index (χ3v) is 3.97. The molecule has 1 rings (SSSR count). The first-order valence-electron chi connectivity index (χ1n) is 5.12. The molecule has 5 nitrogen and oxygen atoms in total. The first-order chi connectivity index (χ1) is 7.71. The summed E-state index contributed by atoms with van der Waals surface area (Å²) in [6.45, 7) is 6.38. The summed E-state index contributed by atoms with van der Waals surface area (Å²) in [7, 11) is 0. The molecule has 90 valence electrons. The molecule has 0 aliphatic rings. The van der Waals surface area contributed by atoms with Crippen LogP contribution in [0.1, 0.15) is 18.9 Å². The molecule has 0 amide bonds. The molecule has 0 aromatic carbocycles. The Morgan fingerprint density at radius 1 is 1.44 bits per heavy atom. The second-order valence-electron chi connectivity index (χ2n) is 3.01. The largest absolute Gasteiger partial charge is 0.370 e. The zero-order valence-corrected chi connectivity index (χ0v) is 11.4. The molecule has 1 heterocycles. The Labute approximate surface area is 104 Å². The number of rotatable bonds is 5. The van der Waals surface area contributed by atoms with Gasteiger partial charge in [0, 0.05) is 13.1 Å². The van der Waals surface area contributed by atoms with E-state index in [0.29, 0.717) is 12.5 Å². The molecule has 2 N–H and O–H groups in total. The van der Waals surface area contributed by atoms with Crippen LogP contribution in [0.2, 0.25) is 0 Å². The summed E-state index contributed by atoms with van der Waals surface area (Å²) in [5.74, 6) is 0.575. The van der Waals surface area contributed by atoms with Gasteiger partial charge >= 0.3 is 0 Å². The van der Waals surface area contributed by atoms with Gasteiger partial charge in [0.2, 0.25) is 0 Å². The lowest BCUT2D eigenvalue weighted by Crippen LogP contribution is -2.37. The molecule has 1 aromatic rings. The molecule has 16 heavy (non-hydrogen) atoms. The number of hydrogen-bond acceptors (Lipinski definition) is 5. The van der Waals surface area contributed by atoms with Crippen LogP contribution in [0, 0.1) is 0 Å². The van der Waals surface area contributed by atoms with Gasteiger partial charge in [0.05, 0.1) is 6.54 Å². The standard InChI is InChI=1S/C9H17N5S2/c1-4-14(5-2)8(10)11-6-7-12-13-9(15-3)16-7/h4-6H2,1-3H3,(H2,10,11). The van der Waals surface area contributed by atoms with Crippen molar-refractivity contribution in [3.8, 4) is 0 Å². The van der Waals surface area contributed by atoms with Crippen LogP contribution in [0.25, 0.3) is 0 Å². The van der Waals surface area contributed by atoms with Gasteiger partial charge in [-0.05, 0) is 20.1 Å². The smallest absolute Gasteiger partial charge is 0.191 e. The Balaban J connectivity index is 2.57. The maximum atomic E-state index is 5.85. The highest BCUT2D eigenvalue weighted by Crippen LogP contribution is 2.19. The van der Waals surface area contributed by atoms with Crippen molar-refractivity contribution in [1.82, 2.24) is 15.1 Å². The topological polar surface area (TPSA) is 67.4 Å². The summed E-state index contributed by atoms with van der Waals surface area (Å²) in [6.07, 6.45) is 1.98. The molecular weight excluding hydrogens is 242 g/mol. The predicted molar refractivity (Wildman–Crippen MR) is 69.9 cm³/mol. The highest BCUT2D eigenvalue weighted by Gasteiger charge is 2.04. The van der Waals surface area contributed by atoms with Crippen LogP contribution in [0.4, 0.5) is 0 Å². The molecule has 0 spiro atoms. The average Bonchev–Trinajstić information content (AvgIpc) is 2.76. The maximum Gasteiger partial charge on any atom is 0.191 e. The highest BCUT2D eigenvalue weighted by atomic mass is 32.2. The first-order valence-corrected chi connectivity index (χ1v) is 7.16.